The van der Waals surface area contributed by atoms with Crippen molar-refractivity contribution < 1.29 is 4.39 Å². The van der Waals surface area contributed by atoms with E-state index in [-0.39, 0.29) is 5.82 Å². The van der Waals surface area contributed by atoms with Gasteiger partial charge in [-0.2, -0.15) is 0 Å². The number of rotatable bonds is 6. The average Bonchev–Trinajstić information content (AvgIpc) is 3.33. The first-order valence-electron chi connectivity index (χ1n) is 9.67. The van der Waals surface area contributed by atoms with E-state index in [0.717, 1.165) is 55.3 Å². The van der Waals surface area contributed by atoms with Gasteiger partial charge >= 0.3 is 0 Å². The number of imidazole rings is 1. The molecular formula is C22H25FN4. The first-order chi connectivity index (χ1) is 13.2. The highest BCUT2D eigenvalue weighted by atomic mass is 19.1. The van der Waals surface area contributed by atoms with E-state index in [1.54, 1.807) is 0 Å². The van der Waals surface area contributed by atoms with Gasteiger partial charge in [0.2, 0.25) is 0 Å². The van der Waals surface area contributed by atoms with Gasteiger partial charge in [-0.1, -0.05) is 18.2 Å². The molecule has 4 rings (SSSR count). The summed E-state index contributed by atoms with van der Waals surface area (Å²) in [6.07, 6.45) is 6.95. The lowest BCUT2D eigenvalue weighted by atomic mass is 10.1. The molecule has 0 spiro atoms. The molecule has 0 radical (unpaired) electrons. The quantitative estimate of drug-likeness (QED) is 0.651. The second-order valence-electron chi connectivity index (χ2n) is 7.12. The van der Waals surface area contributed by atoms with E-state index in [0.29, 0.717) is 6.04 Å². The molecule has 1 aliphatic rings. The van der Waals surface area contributed by atoms with Crippen molar-refractivity contribution in [1.82, 2.24) is 19.4 Å². The van der Waals surface area contributed by atoms with Gasteiger partial charge in [-0.05, 0) is 56.1 Å². The number of nitrogens with zero attached hydrogens (tertiary/aromatic N) is 4. The second kappa shape index (κ2) is 8.01. The fourth-order valence-corrected chi connectivity index (χ4v) is 3.91. The van der Waals surface area contributed by atoms with Crippen molar-refractivity contribution in [1.29, 1.82) is 0 Å². The summed E-state index contributed by atoms with van der Waals surface area (Å²) in [7, 11) is 0. The highest BCUT2D eigenvalue weighted by Gasteiger charge is 2.28. The molecule has 1 aromatic carbocycles. The zero-order chi connectivity index (χ0) is 18.6. The minimum atomic E-state index is -0.201. The second-order valence-corrected chi connectivity index (χ2v) is 7.12. The van der Waals surface area contributed by atoms with E-state index in [2.05, 4.69) is 39.6 Å². The van der Waals surface area contributed by atoms with Crippen LogP contribution in [-0.2, 0) is 19.5 Å². The van der Waals surface area contributed by atoms with Crippen LogP contribution in [0.3, 0.4) is 0 Å². The zero-order valence-corrected chi connectivity index (χ0v) is 15.7. The van der Waals surface area contributed by atoms with Crippen LogP contribution in [-0.4, -0.2) is 26.0 Å². The van der Waals surface area contributed by atoms with Crippen LogP contribution in [0.4, 0.5) is 4.39 Å². The SMILES string of the molecule is CCn1ccnc1CN1CCC[C@@H]1c1cccc(Cc2ccc(F)cc2)n1. The Morgan fingerprint density at radius 1 is 1.15 bits per heavy atom. The number of aryl methyl sites for hydroxylation is 1. The van der Waals surface area contributed by atoms with E-state index >= 15 is 0 Å². The predicted molar refractivity (Wildman–Crippen MR) is 104 cm³/mol. The predicted octanol–water partition coefficient (Wildman–Crippen LogP) is 4.37. The van der Waals surface area contributed by atoms with Gasteiger partial charge in [0.15, 0.2) is 0 Å². The molecule has 4 nitrogen and oxygen atoms in total. The van der Waals surface area contributed by atoms with Crippen molar-refractivity contribution in [3.05, 3.63) is 83.5 Å². The molecule has 140 valence electrons. The maximum Gasteiger partial charge on any atom is 0.123 e. The largest absolute Gasteiger partial charge is 0.334 e. The zero-order valence-electron chi connectivity index (χ0n) is 15.7. The molecular weight excluding hydrogens is 339 g/mol. The normalized spacial score (nSPS) is 17.5. The summed E-state index contributed by atoms with van der Waals surface area (Å²) in [6, 6.07) is 13.3. The van der Waals surface area contributed by atoms with E-state index in [1.807, 2.05) is 24.5 Å². The van der Waals surface area contributed by atoms with Crippen molar-refractivity contribution in [2.24, 2.45) is 0 Å². The Hall–Kier alpha value is -2.53. The summed E-state index contributed by atoms with van der Waals surface area (Å²) in [4.78, 5) is 11.9. The van der Waals surface area contributed by atoms with Gasteiger partial charge in [0, 0.05) is 31.1 Å². The van der Waals surface area contributed by atoms with Crippen molar-refractivity contribution in [3.63, 3.8) is 0 Å². The maximum absolute atomic E-state index is 13.1. The van der Waals surface area contributed by atoms with E-state index in [1.165, 1.54) is 18.6 Å². The molecule has 3 heterocycles. The molecule has 1 atom stereocenters. The Morgan fingerprint density at radius 3 is 2.81 bits per heavy atom. The van der Waals surface area contributed by atoms with Crippen LogP contribution in [0.5, 0.6) is 0 Å². The Morgan fingerprint density at radius 2 is 2.00 bits per heavy atom. The molecule has 0 unspecified atom stereocenters. The number of aromatic nitrogens is 3. The van der Waals surface area contributed by atoms with Crippen LogP contribution >= 0.6 is 0 Å². The summed E-state index contributed by atoms with van der Waals surface area (Å²) in [5.41, 5.74) is 3.23. The minimum Gasteiger partial charge on any atom is -0.334 e. The van der Waals surface area contributed by atoms with Gasteiger partial charge in [0.1, 0.15) is 11.6 Å². The van der Waals surface area contributed by atoms with Crippen LogP contribution in [0.2, 0.25) is 0 Å². The first kappa shape index (κ1) is 17.9. The summed E-state index contributed by atoms with van der Waals surface area (Å²) in [6.45, 7) is 5.02. The smallest absolute Gasteiger partial charge is 0.123 e. The summed E-state index contributed by atoms with van der Waals surface area (Å²) < 4.78 is 15.3. The number of hydrogen-bond donors (Lipinski definition) is 0. The average molecular weight is 364 g/mol. The number of hydrogen-bond acceptors (Lipinski definition) is 3. The molecule has 0 N–H and O–H groups in total. The molecule has 0 amide bonds. The van der Waals surface area contributed by atoms with Crippen molar-refractivity contribution in [2.45, 2.75) is 45.3 Å². The lowest BCUT2D eigenvalue weighted by Gasteiger charge is -2.24. The molecule has 5 heteroatoms. The third-order valence-electron chi connectivity index (χ3n) is 5.32. The minimum absolute atomic E-state index is 0.201. The molecule has 0 saturated carbocycles. The van der Waals surface area contributed by atoms with Gasteiger partial charge in [-0.3, -0.25) is 9.88 Å². The van der Waals surface area contributed by atoms with Crippen LogP contribution in [0, 0.1) is 5.82 Å². The van der Waals surface area contributed by atoms with Crippen LogP contribution < -0.4 is 0 Å². The number of pyridine rings is 1. The third-order valence-corrected chi connectivity index (χ3v) is 5.32. The molecule has 0 aliphatic carbocycles. The molecule has 3 aromatic rings. The molecule has 1 aliphatic heterocycles. The fourth-order valence-electron chi connectivity index (χ4n) is 3.91. The lowest BCUT2D eigenvalue weighted by Crippen LogP contribution is -2.25. The Kier molecular flexibility index (Phi) is 5.30. The lowest BCUT2D eigenvalue weighted by molar-refractivity contribution is 0.235. The summed E-state index contributed by atoms with van der Waals surface area (Å²) >= 11 is 0. The van der Waals surface area contributed by atoms with Crippen molar-refractivity contribution >= 4 is 0 Å². The topological polar surface area (TPSA) is 34.0 Å². The highest BCUT2D eigenvalue weighted by molar-refractivity contribution is 5.24. The first-order valence-corrected chi connectivity index (χ1v) is 9.67. The van der Waals surface area contributed by atoms with E-state index < -0.39 is 0 Å². The highest BCUT2D eigenvalue weighted by Crippen LogP contribution is 2.32. The monoisotopic (exact) mass is 364 g/mol. The van der Waals surface area contributed by atoms with Gasteiger partial charge in [0.25, 0.3) is 0 Å². The number of halogens is 1. The third kappa shape index (κ3) is 4.08. The van der Waals surface area contributed by atoms with E-state index in [4.69, 9.17) is 4.98 Å². The number of benzene rings is 1. The molecule has 1 fully saturated rings. The fraction of sp³-hybridized carbons (Fsp3) is 0.364. The summed E-state index contributed by atoms with van der Waals surface area (Å²) in [5.74, 6) is 0.916. The Balaban J connectivity index is 1.51. The Bertz CT molecular complexity index is 887. The molecule has 0 bridgehead atoms. The van der Waals surface area contributed by atoms with Crippen LogP contribution in [0.1, 0.15) is 48.6 Å². The molecule has 1 saturated heterocycles. The molecule has 2 aromatic heterocycles. The van der Waals surface area contributed by atoms with Gasteiger partial charge in [0.05, 0.1) is 18.3 Å². The van der Waals surface area contributed by atoms with Crippen LogP contribution in [0.15, 0.2) is 54.9 Å². The van der Waals surface area contributed by atoms with Crippen molar-refractivity contribution in [2.75, 3.05) is 6.54 Å². The van der Waals surface area contributed by atoms with E-state index in [9.17, 15) is 4.39 Å². The maximum atomic E-state index is 13.1. The van der Waals surface area contributed by atoms with Gasteiger partial charge in [-0.25, -0.2) is 9.37 Å². The standard InChI is InChI=1S/C22H25FN4/c1-2-26-14-12-24-22(26)16-27-13-4-7-21(27)20-6-3-5-19(25-20)15-17-8-10-18(23)11-9-17/h3,5-6,8-12,14,21H,2,4,7,13,15-16H2,1H3/t21-/m1/s1. The van der Waals surface area contributed by atoms with Crippen molar-refractivity contribution in [3.8, 4) is 0 Å². The molecule has 27 heavy (non-hydrogen) atoms. The number of likely N-dealkylation sites (tertiary alicyclic amines) is 1. The van der Waals surface area contributed by atoms with Crippen LogP contribution in [0.25, 0.3) is 0 Å². The van der Waals surface area contributed by atoms with Gasteiger partial charge < -0.3 is 4.57 Å². The Labute approximate surface area is 159 Å². The summed E-state index contributed by atoms with van der Waals surface area (Å²) in [5, 5.41) is 0. The van der Waals surface area contributed by atoms with Gasteiger partial charge in [-0.15, -0.1) is 0 Å².